The van der Waals surface area contributed by atoms with Crippen LogP contribution in [-0.2, 0) is 4.79 Å². The molecule has 5 nitrogen and oxygen atoms in total. The molecule has 0 bridgehead atoms. The number of benzene rings is 1. The summed E-state index contributed by atoms with van der Waals surface area (Å²) in [4.78, 5) is 16.3. The van der Waals surface area contributed by atoms with Crippen LogP contribution >= 0.6 is 11.3 Å². The van der Waals surface area contributed by atoms with Crippen LogP contribution in [0, 0.1) is 12.7 Å². The Kier molecular flexibility index (Phi) is 3.89. The lowest BCUT2D eigenvalue weighted by atomic mass is 10.3. The van der Waals surface area contributed by atoms with E-state index in [-0.39, 0.29) is 11.7 Å². The van der Waals surface area contributed by atoms with Gasteiger partial charge in [0.25, 0.3) is 0 Å². The highest BCUT2D eigenvalue weighted by molar-refractivity contribution is 7.20. The molecule has 1 N–H and O–H groups in total. The Balaban J connectivity index is 2.00. The molecule has 0 atom stereocenters. The Hall–Kier alpha value is -2.28. The highest BCUT2D eigenvalue weighted by Gasteiger charge is 2.14. The number of hydrogen-bond acceptors (Lipinski definition) is 4. The second-order valence-corrected chi connectivity index (χ2v) is 6.00. The van der Waals surface area contributed by atoms with Crippen molar-refractivity contribution in [3.05, 3.63) is 35.8 Å². The fourth-order valence-electron chi connectivity index (χ4n) is 2.14. The van der Waals surface area contributed by atoms with Crippen molar-refractivity contribution in [3.8, 4) is 5.13 Å². The van der Waals surface area contributed by atoms with Crippen molar-refractivity contribution in [1.82, 2.24) is 14.8 Å². The number of anilines is 1. The van der Waals surface area contributed by atoms with Gasteiger partial charge in [0.2, 0.25) is 11.0 Å². The molecule has 2 heterocycles. The number of carbonyl (C=O) groups is 1. The molecule has 0 saturated carbocycles. The highest BCUT2D eigenvalue weighted by atomic mass is 32.1. The van der Waals surface area contributed by atoms with Crippen LogP contribution in [0.5, 0.6) is 0 Å². The molecule has 0 saturated heterocycles. The number of rotatable bonds is 4. The smallest absolute Gasteiger partial charge is 0.225 e. The first-order valence-corrected chi connectivity index (χ1v) is 7.81. The van der Waals surface area contributed by atoms with Crippen LogP contribution in [0.3, 0.4) is 0 Å². The van der Waals surface area contributed by atoms with Gasteiger partial charge in [0, 0.05) is 12.5 Å². The van der Waals surface area contributed by atoms with Crippen molar-refractivity contribution in [2.45, 2.75) is 26.7 Å². The average Bonchev–Trinajstić information content (AvgIpc) is 3.01. The lowest BCUT2D eigenvalue weighted by Gasteiger charge is -2.05. The molecular formula is C15H15FN4OS. The molecule has 1 amide bonds. The number of hydrogen-bond donors (Lipinski definition) is 1. The first-order valence-electron chi connectivity index (χ1n) is 7.00. The Labute approximate surface area is 130 Å². The number of nitrogens with one attached hydrogen (secondary N) is 1. The van der Waals surface area contributed by atoms with E-state index >= 15 is 0 Å². The molecule has 0 fully saturated rings. The van der Waals surface area contributed by atoms with Crippen molar-refractivity contribution in [3.63, 3.8) is 0 Å². The van der Waals surface area contributed by atoms with Gasteiger partial charge >= 0.3 is 0 Å². The summed E-state index contributed by atoms with van der Waals surface area (Å²) in [6, 6.07) is 6.25. The first kappa shape index (κ1) is 14.6. The summed E-state index contributed by atoms with van der Waals surface area (Å²) in [5, 5.41) is 7.81. The Morgan fingerprint density at radius 1 is 1.41 bits per heavy atom. The number of nitrogens with zero attached hydrogens (tertiary/aromatic N) is 3. The van der Waals surface area contributed by atoms with Crippen LogP contribution in [-0.4, -0.2) is 20.7 Å². The first-order chi connectivity index (χ1) is 10.6. The van der Waals surface area contributed by atoms with Gasteiger partial charge in [-0.2, -0.15) is 9.78 Å². The van der Waals surface area contributed by atoms with Gasteiger partial charge in [0.15, 0.2) is 0 Å². The largest absolute Gasteiger partial charge is 0.311 e. The lowest BCUT2D eigenvalue weighted by Crippen LogP contribution is -2.14. The van der Waals surface area contributed by atoms with Gasteiger partial charge < -0.3 is 5.32 Å². The van der Waals surface area contributed by atoms with E-state index < -0.39 is 0 Å². The molecule has 2 aromatic heterocycles. The van der Waals surface area contributed by atoms with Crippen LogP contribution < -0.4 is 5.32 Å². The van der Waals surface area contributed by atoms with Gasteiger partial charge in [-0.05, 0) is 31.5 Å². The maximum atomic E-state index is 13.3. The quantitative estimate of drug-likeness (QED) is 0.798. The zero-order chi connectivity index (χ0) is 15.7. The molecule has 1 aromatic carbocycles. The highest BCUT2D eigenvalue weighted by Crippen LogP contribution is 2.27. The van der Waals surface area contributed by atoms with E-state index in [0.29, 0.717) is 22.9 Å². The maximum absolute atomic E-state index is 13.3. The maximum Gasteiger partial charge on any atom is 0.225 e. The minimum atomic E-state index is -0.296. The SMILES string of the molecule is CCCC(=O)Nc1cc(C)nn1-c1nc2ccc(F)cc2s1. The number of amides is 1. The molecule has 3 aromatic rings. The van der Waals surface area contributed by atoms with E-state index in [0.717, 1.165) is 16.8 Å². The second kappa shape index (κ2) is 5.84. The minimum absolute atomic E-state index is 0.0594. The van der Waals surface area contributed by atoms with E-state index in [2.05, 4.69) is 15.4 Å². The molecule has 0 aliphatic carbocycles. The monoisotopic (exact) mass is 318 g/mol. The van der Waals surface area contributed by atoms with E-state index in [1.807, 2.05) is 13.8 Å². The fourth-order valence-corrected chi connectivity index (χ4v) is 3.10. The summed E-state index contributed by atoms with van der Waals surface area (Å²) < 4.78 is 15.6. The van der Waals surface area contributed by atoms with E-state index in [1.54, 1.807) is 16.8 Å². The number of carbonyl (C=O) groups excluding carboxylic acids is 1. The summed E-state index contributed by atoms with van der Waals surface area (Å²) in [6.07, 6.45) is 1.23. The predicted molar refractivity (Wildman–Crippen MR) is 85.0 cm³/mol. The summed E-state index contributed by atoms with van der Waals surface area (Å²) in [5.74, 6) is 0.224. The summed E-state index contributed by atoms with van der Waals surface area (Å²) in [7, 11) is 0. The van der Waals surface area contributed by atoms with Gasteiger partial charge in [0.05, 0.1) is 15.9 Å². The normalized spacial score (nSPS) is 11.0. The van der Waals surface area contributed by atoms with Crippen molar-refractivity contribution < 1.29 is 9.18 Å². The zero-order valence-electron chi connectivity index (χ0n) is 12.3. The summed E-state index contributed by atoms with van der Waals surface area (Å²) in [6.45, 7) is 3.79. The molecule has 7 heteroatoms. The Bertz CT molecular complexity index is 839. The van der Waals surface area contributed by atoms with Gasteiger partial charge in [-0.3, -0.25) is 4.79 Å². The molecule has 0 unspecified atom stereocenters. The van der Waals surface area contributed by atoms with Crippen molar-refractivity contribution in [1.29, 1.82) is 0 Å². The van der Waals surface area contributed by atoms with Crippen LogP contribution in [0.1, 0.15) is 25.5 Å². The third kappa shape index (κ3) is 2.85. The fraction of sp³-hybridized carbons (Fsp3) is 0.267. The third-order valence-corrected chi connectivity index (χ3v) is 4.09. The second-order valence-electron chi connectivity index (χ2n) is 4.99. The molecule has 0 aliphatic rings. The van der Waals surface area contributed by atoms with Crippen LogP contribution in [0.4, 0.5) is 10.2 Å². The predicted octanol–water partition coefficient (Wildman–Crippen LogP) is 3.67. The number of thiazole rings is 1. The third-order valence-electron chi connectivity index (χ3n) is 3.10. The van der Waals surface area contributed by atoms with Crippen molar-refractivity contribution in [2.24, 2.45) is 0 Å². The molecular weight excluding hydrogens is 303 g/mol. The molecule has 0 radical (unpaired) electrons. The van der Waals surface area contributed by atoms with Crippen molar-refractivity contribution in [2.75, 3.05) is 5.32 Å². The number of aryl methyl sites for hydroxylation is 1. The van der Waals surface area contributed by atoms with Crippen LogP contribution in [0.2, 0.25) is 0 Å². The zero-order valence-corrected chi connectivity index (χ0v) is 13.1. The number of aromatic nitrogens is 3. The van der Waals surface area contributed by atoms with Gasteiger partial charge in [-0.1, -0.05) is 18.3 Å². The molecule has 0 spiro atoms. The lowest BCUT2D eigenvalue weighted by molar-refractivity contribution is -0.116. The molecule has 22 heavy (non-hydrogen) atoms. The topological polar surface area (TPSA) is 59.8 Å². The van der Waals surface area contributed by atoms with E-state index in [9.17, 15) is 9.18 Å². The molecule has 3 rings (SSSR count). The molecule has 0 aliphatic heterocycles. The minimum Gasteiger partial charge on any atom is -0.311 e. The van der Waals surface area contributed by atoms with Gasteiger partial charge in [-0.25, -0.2) is 9.37 Å². The molecule has 114 valence electrons. The number of fused-ring (bicyclic) bond motifs is 1. The van der Waals surface area contributed by atoms with E-state index in [4.69, 9.17) is 0 Å². The van der Waals surface area contributed by atoms with Crippen LogP contribution in [0.15, 0.2) is 24.3 Å². The summed E-state index contributed by atoms with van der Waals surface area (Å²) in [5.41, 5.74) is 1.48. The Morgan fingerprint density at radius 3 is 3.00 bits per heavy atom. The average molecular weight is 318 g/mol. The van der Waals surface area contributed by atoms with Gasteiger partial charge in [-0.15, -0.1) is 0 Å². The van der Waals surface area contributed by atoms with Crippen LogP contribution in [0.25, 0.3) is 15.3 Å². The standard InChI is InChI=1S/C15H15FN4OS/c1-3-4-14(21)18-13-7-9(2)19-20(13)15-17-11-6-5-10(16)8-12(11)22-15/h5-8H,3-4H2,1-2H3,(H,18,21). The van der Waals surface area contributed by atoms with E-state index in [1.165, 1.54) is 23.5 Å². The van der Waals surface area contributed by atoms with Crippen molar-refractivity contribution >= 4 is 33.3 Å². The van der Waals surface area contributed by atoms with Gasteiger partial charge in [0.1, 0.15) is 11.6 Å². The Morgan fingerprint density at radius 2 is 2.23 bits per heavy atom. The summed E-state index contributed by atoms with van der Waals surface area (Å²) >= 11 is 1.33. The number of halogens is 1.